The molecule has 7 heteroatoms. The molecule has 166 valence electrons. The van der Waals surface area contributed by atoms with Crippen LogP contribution in [0.1, 0.15) is 40.7 Å². The van der Waals surface area contributed by atoms with Crippen molar-refractivity contribution in [2.75, 3.05) is 32.8 Å². The Morgan fingerprint density at radius 1 is 1.10 bits per heavy atom. The lowest BCUT2D eigenvalue weighted by molar-refractivity contribution is -0.122. The molecule has 0 aliphatic carbocycles. The fourth-order valence-corrected chi connectivity index (χ4v) is 3.56. The Kier molecular flexibility index (Phi) is 8.87. The first-order chi connectivity index (χ1) is 15.2. The Bertz CT molecular complexity index is 857. The largest absolute Gasteiger partial charge is 0.493 e. The van der Waals surface area contributed by atoms with Gasteiger partial charge in [0.1, 0.15) is 5.75 Å². The van der Waals surface area contributed by atoms with E-state index in [1.807, 2.05) is 36.4 Å². The third-order valence-corrected chi connectivity index (χ3v) is 5.14. The highest BCUT2D eigenvalue weighted by Crippen LogP contribution is 2.24. The van der Waals surface area contributed by atoms with Gasteiger partial charge in [0.2, 0.25) is 5.91 Å². The Morgan fingerprint density at radius 2 is 1.94 bits per heavy atom. The van der Waals surface area contributed by atoms with Crippen LogP contribution in [0.2, 0.25) is 0 Å². The molecular formula is C24H31N3O4. The fraction of sp³-hybridized carbons (Fsp3) is 0.417. The molecule has 0 aromatic heterocycles. The molecule has 7 nitrogen and oxygen atoms in total. The van der Waals surface area contributed by atoms with Crippen molar-refractivity contribution in [1.82, 2.24) is 15.5 Å². The highest BCUT2D eigenvalue weighted by Gasteiger charge is 2.17. The zero-order valence-corrected chi connectivity index (χ0v) is 17.8. The first kappa shape index (κ1) is 22.8. The number of nitrogens with one attached hydrogen (secondary N) is 2. The summed E-state index contributed by atoms with van der Waals surface area (Å²) in [4.78, 5) is 26.9. The number of aliphatic hydroxyl groups excluding tert-OH is 1. The average Bonchev–Trinajstić information content (AvgIpc) is 2.79. The van der Waals surface area contributed by atoms with Crippen molar-refractivity contribution in [3.8, 4) is 5.75 Å². The van der Waals surface area contributed by atoms with Crippen molar-refractivity contribution < 1.29 is 19.4 Å². The van der Waals surface area contributed by atoms with E-state index in [4.69, 9.17) is 9.84 Å². The SMILES string of the molecule is O=C1CN(Cc2ccccc2)Cc2ccc(C(=O)NCCO)cc2OCCCCCN1. The maximum absolute atomic E-state index is 12.5. The summed E-state index contributed by atoms with van der Waals surface area (Å²) < 4.78 is 6.06. The number of carbonyl (C=O) groups excluding carboxylic acids is 2. The van der Waals surface area contributed by atoms with Gasteiger partial charge in [0, 0.05) is 37.3 Å². The molecule has 2 aromatic carbocycles. The Morgan fingerprint density at radius 3 is 2.74 bits per heavy atom. The second kappa shape index (κ2) is 12.1. The fourth-order valence-electron chi connectivity index (χ4n) is 3.56. The summed E-state index contributed by atoms with van der Waals surface area (Å²) in [5, 5.41) is 14.6. The smallest absolute Gasteiger partial charge is 0.251 e. The van der Waals surface area contributed by atoms with Gasteiger partial charge in [-0.1, -0.05) is 36.4 Å². The number of carbonyl (C=O) groups is 2. The van der Waals surface area contributed by atoms with Gasteiger partial charge in [-0.15, -0.1) is 0 Å². The van der Waals surface area contributed by atoms with Gasteiger partial charge < -0.3 is 20.5 Å². The monoisotopic (exact) mass is 425 g/mol. The first-order valence-electron chi connectivity index (χ1n) is 10.8. The number of aliphatic hydroxyl groups is 1. The minimum Gasteiger partial charge on any atom is -0.493 e. The molecule has 0 saturated heterocycles. The third-order valence-electron chi connectivity index (χ3n) is 5.14. The van der Waals surface area contributed by atoms with Crippen LogP contribution in [0.15, 0.2) is 48.5 Å². The molecule has 0 fully saturated rings. The van der Waals surface area contributed by atoms with E-state index in [-0.39, 0.29) is 31.5 Å². The van der Waals surface area contributed by atoms with E-state index in [0.717, 1.165) is 30.4 Å². The van der Waals surface area contributed by atoms with Crippen LogP contribution in [0.25, 0.3) is 0 Å². The standard InChI is InChI=1S/C24H31N3O4/c28-13-12-26-24(30)20-9-10-21-17-27(16-19-7-3-1-4-8-19)18-23(29)25-11-5-2-6-14-31-22(21)15-20/h1,3-4,7-10,15,28H,2,5-6,11-14,16-18H2,(H,25,29)(H,26,30). The Labute approximate surface area is 183 Å². The highest BCUT2D eigenvalue weighted by atomic mass is 16.5. The van der Waals surface area contributed by atoms with Crippen LogP contribution < -0.4 is 15.4 Å². The normalized spacial score (nSPS) is 16.0. The first-order valence-corrected chi connectivity index (χ1v) is 10.8. The lowest BCUT2D eigenvalue weighted by atomic mass is 10.1. The van der Waals surface area contributed by atoms with E-state index >= 15 is 0 Å². The average molecular weight is 426 g/mol. The molecule has 0 bridgehead atoms. The zero-order valence-electron chi connectivity index (χ0n) is 17.8. The molecule has 2 aromatic rings. The van der Waals surface area contributed by atoms with Crippen molar-refractivity contribution in [2.45, 2.75) is 32.4 Å². The summed E-state index contributed by atoms with van der Waals surface area (Å²) in [6.07, 6.45) is 2.74. The van der Waals surface area contributed by atoms with Crippen molar-refractivity contribution >= 4 is 11.8 Å². The maximum atomic E-state index is 12.5. The van der Waals surface area contributed by atoms with Gasteiger partial charge in [-0.05, 0) is 37.0 Å². The second-order valence-electron chi connectivity index (χ2n) is 7.69. The summed E-state index contributed by atoms with van der Waals surface area (Å²) in [6.45, 7) is 2.76. The second-order valence-corrected chi connectivity index (χ2v) is 7.69. The number of rotatable bonds is 5. The zero-order chi connectivity index (χ0) is 21.9. The molecule has 3 N–H and O–H groups in total. The molecular weight excluding hydrogens is 394 g/mol. The van der Waals surface area contributed by atoms with Gasteiger partial charge in [-0.25, -0.2) is 0 Å². The molecule has 0 saturated carbocycles. The summed E-state index contributed by atoms with van der Waals surface area (Å²) in [7, 11) is 0. The molecule has 31 heavy (non-hydrogen) atoms. The van der Waals surface area contributed by atoms with Crippen molar-refractivity contribution in [2.24, 2.45) is 0 Å². The Hall–Kier alpha value is -2.90. The minimum atomic E-state index is -0.246. The van der Waals surface area contributed by atoms with Crippen molar-refractivity contribution in [3.63, 3.8) is 0 Å². The number of nitrogens with zero attached hydrogens (tertiary/aromatic N) is 1. The maximum Gasteiger partial charge on any atom is 0.251 e. The van der Waals surface area contributed by atoms with Crippen LogP contribution in [0.3, 0.4) is 0 Å². The third kappa shape index (κ3) is 7.38. The lowest BCUT2D eigenvalue weighted by Crippen LogP contribution is -2.37. The van der Waals surface area contributed by atoms with Gasteiger partial charge in [0.05, 0.1) is 19.8 Å². The predicted molar refractivity (Wildman–Crippen MR) is 119 cm³/mol. The van der Waals surface area contributed by atoms with Gasteiger partial charge in [0.25, 0.3) is 5.91 Å². The van der Waals surface area contributed by atoms with Crippen LogP contribution in [-0.2, 0) is 17.9 Å². The molecule has 0 radical (unpaired) electrons. The predicted octanol–water partition coefficient (Wildman–Crippen LogP) is 2.09. The number of hydrogen-bond acceptors (Lipinski definition) is 5. The number of ether oxygens (including phenoxy) is 1. The van der Waals surface area contributed by atoms with E-state index in [1.54, 1.807) is 12.1 Å². The highest BCUT2D eigenvalue weighted by molar-refractivity contribution is 5.94. The van der Waals surface area contributed by atoms with Gasteiger partial charge in [0.15, 0.2) is 0 Å². The van der Waals surface area contributed by atoms with E-state index < -0.39 is 0 Å². The van der Waals surface area contributed by atoms with Crippen molar-refractivity contribution in [3.05, 3.63) is 65.2 Å². The number of hydrogen-bond donors (Lipinski definition) is 3. The van der Waals surface area contributed by atoms with Gasteiger partial charge in [-0.3, -0.25) is 14.5 Å². The summed E-state index contributed by atoms with van der Waals surface area (Å²) in [5.74, 6) is 0.427. The number of benzene rings is 2. The lowest BCUT2D eigenvalue weighted by Gasteiger charge is -2.23. The van der Waals surface area contributed by atoms with Crippen molar-refractivity contribution in [1.29, 1.82) is 0 Å². The topological polar surface area (TPSA) is 90.9 Å². The molecule has 2 amide bonds. The van der Waals surface area contributed by atoms with E-state index in [1.165, 1.54) is 0 Å². The van der Waals surface area contributed by atoms with Crippen LogP contribution in [0.4, 0.5) is 0 Å². The van der Waals surface area contributed by atoms with Gasteiger partial charge in [-0.2, -0.15) is 0 Å². The minimum absolute atomic E-state index is 0.0117. The van der Waals surface area contributed by atoms with Crippen LogP contribution in [0, 0.1) is 0 Å². The van der Waals surface area contributed by atoms with E-state index in [0.29, 0.717) is 37.6 Å². The molecule has 0 unspecified atom stereocenters. The van der Waals surface area contributed by atoms with E-state index in [9.17, 15) is 9.59 Å². The quantitative estimate of drug-likeness (QED) is 0.683. The molecule has 1 aliphatic rings. The number of amides is 2. The molecule has 1 heterocycles. The molecule has 0 atom stereocenters. The molecule has 1 aliphatic heterocycles. The Balaban J connectivity index is 1.84. The summed E-state index contributed by atoms with van der Waals surface area (Å²) in [6, 6.07) is 15.4. The van der Waals surface area contributed by atoms with Gasteiger partial charge >= 0.3 is 0 Å². The number of fused-ring (bicyclic) bond motifs is 1. The van der Waals surface area contributed by atoms with Crippen LogP contribution in [-0.4, -0.2) is 54.7 Å². The summed E-state index contributed by atoms with van der Waals surface area (Å²) in [5.41, 5.74) is 2.55. The van der Waals surface area contributed by atoms with Crippen LogP contribution >= 0.6 is 0 Å². The van der Waals surface area contributed by atoms with Crippen LogP contribution in [0.5, 0.6) is 5.75 Å². The molecule has 0 spiro atoms. The summed E-state index contributed by atoms with van der Waals surface area (Å²) >= 11 is 0. The van der Waals surface area contributed by atoms with E-state index in [2.05, 4.69) is 15.5 Å². The molecule has 3 rings (SSSR count).